The Morgan fingerprint density at radius 3 is 2.66 bits per heavy atom. The molecule has 2 aliphatic heterocycles. The van der Waals surface area contributed by atoms with Gasteiger partial charge in [0.25, 0.3) is 11.8 Å². The van der Waals surface area contributed by atoms with E-state index < -0.39 is 50.9 Å². The van der Waals surface area contributed by atoms with Crippen LogP contribution in [0.2, 0.25) is 0 Å². The number of ether oxygens (including phenoxy) is 3. The summed E-state index contributed by atoms with van der Waals surface area (Å²) in [5.74, 6) is -0.604. The zero-order valence-electron chi connectivity index (χ0n) is 30.7. The quantitative estimate of drug-likeness (QED) is 0.305. The zero-order chi connectivity index (χ0) is 37.7. The third kappa shape index (κ3) is 7.52. The number of hydrogen-bond donors (Lipinski definition) is 2. The van der Waals surface area contributed by atoms with Crippen LogP contribution in [0.5, 0.6) is 11.5 Å². The fourth-order valence-corrected chi connectivity index (χ4v) is 9.40. The summed E-state index contributed by atoms with van der Waals surface area (Å²) in [5, 5.41) is 6.01. The van der Waals surface area contributed by atoms with E-state index in [1.807, 2.05) is 42.7 Å². The van der Waals surface area contributed by atoms with E-state index in [1.165, 1.54) is 4.90 Å². The maximum Gasteiger partial charge on any atom is 0.259 e. The van der Waals surface area contributed by atoms with Gasteiger partial charge in [-0.3, -0.25) is 19.1 Å². The Balaban J connectivity index is 1.21. The summed E-state index contributed by atoms with van der Waals surface area (Å²) in [4.78, 5) is 53.2. The molecule has 0 bridgehead atoms. The number of methoxy groups -OCH3 is 1. The highest BCUT2D eigenvalue weighted by Gasteiger charge is 2.62. The molecule has 4 heterocycles. The van der Waals surface area contributed by atoms with Gasteiger partial charge in [0.05, 0.1) is 40.8 Å². The van der Waals surface area contributed by atoms with Gasteiger partial charge in [-0.1, -0.05) is 26.0 Å². The van der Waals surface area contributed by atoms with E-state index in [1.54, 1.807) is 25.4 Å². The number of allylic oxidation sites excluding steroid dienone is 1. The predicted molar refractivity (Wildman–Crippen MR) is 200 cm³/mol. The number of aromatic nitrogens is 2. The lowest BCUT2D eigenvalue weighted by Gasteiger charge is -2.28. The Labute approximate surface area is 313 Å². The molecule has 284 valence electrons. The summed E-state index contributed by atoms with van der Waals surface area (Å²) in [6.45, 7) is 8.25. The van der Waals surface area contributed by atoms with Crippen LogP contribution in [-0.4, -0.2) is 90.3 Å². The van der Waals surface area contributed by atoms with E-state index in [4.69, 9.17) is 24.2 Å². The summed E-state index contributed by atoms with van der Waals surface area (Å²) in [6, 6.07) is 4.58. The summed E-state index contributed by atoms with van der Waals surface area (Å²) in [5.41, 5.74) is 1.41. The van der Waals surface area contributed by atoms with Gasteiger partial charge in [-0.2, -0.15) is 0 Å². The number of thiazole rings is 1. The highest BCUT2D eigenvalue weighted by Crippen LogP contribution is 2.46. The lowest BCUT2D eigenvalue weighted by Crippen LogP contribution is -2.57. The molecule has 13 nitrogen and oxygen atoms in total. The van der Waals surface area contributed by atoms with E-state index in [9.17, 15) is 22.8 Å². The first-order valence-electron chi connectivity index (χ1n) is 18.4. The van der Waals surface area contributed by atoms with Crippen LogP contribution >= 0.6 is 11.3 Å². The van der Waals surface area contributed by atoms with Crippen molar-refractivity contribution in [3.63, 3.8) is 0 Å². The smallest absolute Gasteiger partial charge is 0.259 e. The van der Waals surface area contributed by atoms with E-state index in [0.717, 1.165) is 35.2 Å². The third-order valence-electron chi connectivity index (χ3n) is 10.6. The maximum absolute atomic E-state index is 14.3. The number of aryl methyl sites for hydroxylation is 1. The average Bonchev–Trinajstić information content (AvgIpc) is 4.00. The second kappa shape index (κ2) is 14.6. The van der Waals surface area contributed by atoms with E-state index in [-0.39, 0.29) is 37.1 Å². The SMILES string of the molecule is COc1ccc2c(OC3CC4C(=O)NC5(C(=O)NS(=O)(=O)C6CC6)CC5C=CCCCCOC(C)C(=O)N4C3)cc(-c3csc(C(C)C)n3)nc2c1C. The molecular formula is C38H47N5O8S2. The van der Waals surface area contributed by atoms with Crippen molar-refractivity contribution in [3.05, 3.63) is 46.3 Å². The fourth-order valence-electron chi connectivity index (χ4n) is 7.21. The van der Waals surface area contributed by atoms with Crippen LogP contribution in [0.4, 0.5) is 0 Å². The fraction of sp³-hybridized carbons (Fsp3) is 0.553. The van der Waals surface area contributed by atoms with Crippen LogP contribution in [0.3, 0.4) is 0 Å². The molecule has 3 aromatic rings. The van der Waals surface area contributed by atoms with Gasteiger partial charge >= 0.3 is 0 Å². The molecule has 1 aromatic carbocycles. The van der Waals surface area contributed by atoms with Crippen molar-refractivity contribution in [2.45, 2.75) is 108 Å². The van der Waals surface area contributed by atoms with Crippen LogP contribution in [0.15, 0.2) is 35.7 Å². The number of fused-ring (bicyclic) bond motifs is 3. The van der Waals surface area contributed by atoms with Crippen LogP contribution in [-0.2, 0) is 29.1 Å². The van der Waals surface area contributed by atoms with Crippen molar-refractivity contribution in [1.82, 2.24) is 24.9 Å². The molecule has 2 saturated carbocycles. The van der Waals surface area contributed by atoms with E-state index in [2.05, 4.69) is 23.9 Å². The molecule has 0 spiro atoms. The number of rotatable bonds is 8. The summed E-state index contributed by atoms with van der Waals surface area (Å²) in [6.07, 6.45) is 6.04. The molecule has 1 saturated heterocycles. The Kier molecular flexibility index (Phi) is 10.3. The molecule has 0 radical (unpaired) electrons. The van der Waals surface area contributed by atoms with Gasteiger partial charge in [-0.25, -0.2) is 18.4 Å². The monoisotopic (exact) mass is 765 g/mol. The molecule has 2 N–H and O–H groups in total. The molecule has 53 heavy (non-hydrogen) atoms. The number of nitrogens with zero attached hydrogens (tertiary/aromatic N) is 3. The number of amides is 3. The van der Waals surface area contributed by atoms with Gasteiger partial charge in [0.1, 0.15) is 35.3 Å². The minimum absolute atomic E-state index is 0.0890. The molecule has 3 amide bonds. The largest absolute Gasteiger partial charge is 0.496 e. The summed E-state index contributed by atoms with van der Waals surface area (Å²) >= 11 is 1.57. The number of nitrogens with one attached hydrogen (secondary N) is 2. The lowest BCUT2D eigenvalue weighted by atomic mass is 10.1. The molecular weight excluding hydrogens is 719 g/mol. The Bertz CT molecular complexity index is 2060. The zero-order valence-corrected chi connectivity index (χ0v) is 32.3. The van der Waals surface area contributed by atoms with Crippen molar-refractivity contribution < 1.29 is 37.0 Å². The van der Waals surface area contributed by atoms with Gasteiger partial charge in [0, 0.05) is 47.3 Å². The molecule has 2 aliphatic carbocycles. The van der Waals surface area contributed by atoms with Crippen molar-refractivity contribution in [1.29, 1.82) is 0 Å². The van der Waals surface area contributed by atoms with Crippen molar-refractivity contribution in [2.75, 3.05) is 20.3 Å². The predicted octanol–water partition coefficient (Wildman–Crippen LogP) is 4.78. The van der Waals surface area contributed by atoms with Crippen LogP contribution in [0, 0.1) is 12.8 Å². The molecule has 2 aromatic heterocycles. The maximum atomic E-state index is 14.3. The summed E-state index contributed by atoms with van der Waals surface area (Å²) in [7, 11) is -2.24. The average molecular weight is 766 g/mol. The molecule has 7 rings (SSSR count). The van der Waals surface area contributed by atoms with E-state index >= 15 is 0 Å². The third-order valence-corrected chi connectivity index (χ3v) is 13.6. The second-order valence-corrected chi connectivity index (χ2v) is 17.7. The van der Waals surface area contributed by atoms with Gasteiger partial charge < -0.3 is 24.4 Å². The molecule has 3 fully saturated rings. The number of sulfonamides is 1. The minimum Gasteiger partial charge on any atom is -0.496 e. The number of carbonyl (C=O) groups excluding carboxylic acids is 3. The number of benzene rings is 1. The molecule has 4 aliphatic rings. The Morgan fingerprint density at radius 1 is 1.15 bits per heavy atom. The van der Waals surface area contributed by atoms with Crippen molar-refractivity contribution in [3.8, 4) is 22.9 Å². The number of carbonyl (C=O) groups is 3. The van der Waals surface area contributed by atoms with E-state index in [0.29, 0.717) is 47.9 Å². The van der Waals surface area contributed by atoms with Crippen LogP contribution < -0.4 is 19.5 Å². The van der Waals surface area contributed by atoms with Crippen LogP contribution in [0.25, 0.3) is 22.3 Å². The second-order valence-electron chi connectivity index (χ2n) is 14.9. The van der Waals surface area contributed by atoms with Gasteiger partial charge in [-0.15, -0.1) is 11.3 Å². The highest BCUT2D eigenvalue weighted by atomic mass is 32.2. The Hall–Kier alpha value is -4.08. The first-order chi connectivity index (χ1) is 25.3. The summed E-state index contributed by atoms with van der Waals surface area (Å²) < 4.78 is 46.1. The van der Waals surface area contributed by atoms with Gasteiger partial charge in [0.15, 0.2) is 0 Å². The lowest BCUT2D eigenvalue weighted by molar-refractivity contribution is -0.147. The van der Waals surface area contributed by atoms with Crippen LogP contribution in [0.1, 0.15) is 82.2 Å². The number of hydrogen-bond acceptors (Lipinski definition) is 11. The molecule has 5 atom stereocenters. The first-order valence-corrected chi connectivity index (χ1v) is 20.8. The van der Waals surface area contributed by atoms with Gasteiger partial charge in [-0.05, 0) is 64.5 Å². The number of pyridine rings is 1. The van der Waals surface area contributed by atoms with Crippen molar-refractivity contribution >= 4 is 50.0 Å². The topological polar surface area (TPSA) is 166 Å². The standard InChI is InChI=1S/C38H47N5O8S2/c1-21(2)35-40-29(20-52-35)28-17-32(27-13-14-31(49-5)22(3)33(27)39-28)51-25-16-30-34(44)41-38(37(46)42-53(47,48)26-11-12-26)18-24(38)10-8-6-7-9-15-50-23(4)36(45)43(30)19-25/h8,10,13-14,17,20-21,23-26,30H,6-7,9,11-12,15-16,18-19H2,1-5H3,(H,41,44)(H,42,46). The first kappa shape index (κ1) is 37.2. The molecule has 5 unspecified atom stereocenters. The Morgan fingerprint density at radius 2 is 1.94 bits per heavy atom. The minimum atomic E-state index is -3.85. The van der Waals surface area contributed by atoms with Gasteiger partial charge in [0.2, 0.25) is 15.9 Å². The molecule has 15 heteroatoms. The van der Waals surface area contributed by atoms with Crippen molar-refractivity contribution in [2.24, 2.45) is 5.92 Å². The highest BCUT2D eigenvalue weighted by molar-refractivity contribution is 7.91. The normalized spacial score (nSPS) is 26.7.